The fraction of sp³-hybridized carbons (Fsp3) is 0.190. The molecule has 0 aliphatic rings. The zero-order chi connectivity index (χ0) is 19.5. The number of hydrogen-bond acceptors (Lipinski definition) is 6. The molecule has 28 heavy (non-hydrogen) atoms. The van der Waals surface area contributed by atoms with Crippen molar-refractivity contribution in [3.63, 3.8) is 0 Å². The molecule has 0 aliphatic carbocycles. The molecule has 2 heterocycles. The maximum atomic E-state index is 6.02. The Bertz CT molecular complexity index is 1070. The van der Waals surface area contributed by atoms with Gasteiger partial charge in [0, 0.05) is 27.3 Å². The van der Waals surface area contributed by atoms with Crippen LogP contribution < -0.4 is 0 Å². The van der Waals surface area contributed by atoms with Crippen LogP contribution in [-0.4, -0.2) is 15.2 Å². The first-order valence-electron chi connectivity index (χ1n) is 8.85. The highest BCUT2D eigenvalue weighted by molar-refractivity contribution is 7.98. The standard InChI is InChI=1S/C21H18ClN3OS2/c1-13(2)14-6-8-15(9-7-14)20-23-18(11-27-20)12-28-21-25-24-19(26-21)16-4-3-5-17(22)10-16/h3-11,13H,12H2,1-2H3. The van der Waals surface area contributed by atoms with E-state index >= 15 is 0 Å². The Balaban J connectivity index is 1.41. The quantitative estimate of drug-likeness (QED) is 0.312. The molecule has 0 amide bonds. The molecule has 0 fully saturated rings. The molecule has 0 atom stereocenters. The van der Waals surface area contributed by atoms with Crippen LogP contribution in [0.4, 0.5) is 0 Å². The lowest BCUT2D eigenvalue weighted by atomic mass is 10.0. The van der Waals surface area contributed by atoms with E-state index in [-0.39, 0.29) is 0 Å². The molecule has 0 radical (unpaired) electrons. The van der Waals surface area contributed by atoms with E-state index in [1.807, 2.05) is 18.2 Å². The highest BCUT2D eigenvalue weighted by atomic mass is 35.5. The molecule has 2 aromatic heterocycles. The van der Waals surface area contributed by atoms with E-state index < -0.39 is 0 Å². The molecule has 142 valence electrons. The minimum absolute atomic E-state index is 0.467. The van der Waals surface area contributed by atoms with Crippen LogP contribution in [-0.2, 0) is 5.75 Å². The van der Waals surface area contributed by atoms with Crippen molar-refractivity contribution in [2.24, 2.45) is 0 Å². The average Bonchev–Trinajstić information content (AvgIpc) is 3.36. The van der Waals surface area contributed by atoms with Crippen molar-refractivity contribution >= 4 is 34.7 Å². The van der Waals surface area contributed by atoms with Gasteiger partial charge in [-0.2, -0.15) is 0 Å². The lowest BCUT2D eigenvalue weighted by molar-refractivity contribution is 0.466. The second kappa shape index (κ2) is 8.47. The molecule has 7 heteroatoms. The Morgan fingerprint density at radius 1 is 1.07 bits per heavy atom. The average molecular weight is 428 g/mol. The normalized spacial score (nSPS) is 11.3. The van der Waals surface area contributed by atoms with Crippen LogP contribution in [0.2, 0.25) is 5.02 Å². The van der Waals surface area contributed by atoms with E-state index in [1.54, 1.807) is 17.4 Å². The third kappa shape index (κ3) is 4.46. The highest BCUT2D eigenvalue weighted by Crippen LogP contribution is 2.30. The summed E-state index contributed by atoms with van der Waals surface area (Å²) in [5.74, 6) is 1.68. The van der Waals surface area contributed by atoms with Crippen LogP contribution in [0.1, 0.15) is 31.0 Å². The Labute approximate surface area is 177 Å². The van der Waals surface area contributed by atoms with Crippen molar-refractivity contribution in [2.75, 3.05) is 0 Å². The molecule has 0 N–H and O–H groups in total. The van der Waals surface area contributed by atoms with Crippen LogP contribution in [0.5, 0.6) is 0 Å². The minimum Gasteiger partial charge on any atom is -0.411 e. The molecule has 4 aromatic rings. The van der Waals surface area contributed by atoms with E-state index in [4.69, 9.17) is 21.0 Å². The lowest BCUT2D eigenvalue weighted by Gasteiger charge is -2.05. The topological polar surface area (TPSA) is 51.8 Å². The summed E-state index contributed by atoms with van der Waals surface area (Å²) in [6.45, 7) is 4.39. The molecule has 0 bridgehead atoms. The molecule has 2 aromatic carbocycles. The minimum atomic E-state index is 0.467. The van der Waals surface area contributed by atoms with Gasteiger partial charge in [0.05, 0.1) is 5.69 Å². The summed E-state index contributed by atoms with van der Waals surface area (Å²) < 4.78 is 5.73. The van der Waals surface area contributed by atoms with E-state index in [9.17, 15) is 0 Å². The number of benzene rings is 2. The summed E-state index contributed by atoms with van der Waals surface area (Å²) in [4.78, 5) is 4.74. The molecule has 0 saturated carbocycles. The molecular weight excluding hydrogens is 410 g/mol. The van der Waals surface area contributed by atoms with E-state index in [1.165, 1.54) is 17.3 Å². The number of aromatic nitrogens is 3. The Hall–Kier alpha value is -2.15. The van der Waals surface area contributed by atoms with Crippen LogP contribution in [0.15, 0.2) is 63.6 Å². The second-order valence-electron chi connectivity index (χ2n) is 6.59. The van der Waals surface area contributed by atoms with Crippen LogP contribution in [0.25, 0.3) is 22.0 Å². The maximum Gasteiger partial charge on any atom is 0.277 e. The summed E-state index contributed by atoms with van der Waals surface area (Å²) in [6.07, 6.45) is 0. The maximum absolute atomic E-state index is 6.02. The van der Waals surface area contributed by atoms with Gasteiger partial charge in [0.2, 0.25) is 5.89 Å². The fourth-order valence-electron chi connectivity index (χ4n) is 2.66. The Kier molecular flexibility index (Phi) is 5.80. The van der Waals surface area contributed by atoms with Crippen LogP contribution >= 0.6 is 34.7 Å². The molecule has 0 unspecified atom stereocenters. The number of nitrogens with zero attached hydrogens (tertiary/aromatic N) is 3. The van der Waals surface area contributed by atoms with Gasteiger partial charge in [0.15, 0.2) is 0 Å². The Morgan fingerprint density at radius 2 is 1.89 bits per heavy atom. The van der Waals surface area contributed by atoms with E-state index in [0.29, 0.717) is 27.8 Å². The molecule has 0 saturated heterocycles. The number of rotatable bonds is 6. The third-order valence-corrected chi connectivity index (χ3v) is 6.22. The number of hydrogen-bond donors (Lipinski definition) is 0. The van der Waals surface area contributed by atoms with Crippen molar-refractivity contribution in [3.8, 4) is 22.0 Å². The van der Waals surface area contributed by atoms with Gasteiger partial charge < -0.3 is 4.42 Å². The number of halogens is 1. The summed E-state index contributed by atoms with van der Waals surface area (Å²) >= 11 is 9.15. The van der Waals surface area contributed by atoms with Crippen molar-refractivity contribution < 1.29 is 4.42 Å². The molecule has 4 rings (SSSR count). The summed E-state index contributed by atoms with van der Waals surface area (Å²) in [7, 11) is 0. The van der Waals surface area contributed by atoms with Crippen molar-refractivity contribution in [1.29, 1.82) is 0 Å². The molecule has 0 aliphatic heterocycles. The third-order valence-electron chi connectivity index (χ3n) is 4.20. The first-order chi connectivity index (χ1) is 13.6. The molecular formula is C21H18ClN3OS2. The smallest absolute Gasteiger partial charge is 0.277 e. The van der Waals surface area contributed by atoms with Gasteiger partial charge in [-0.1, -0.05) is 67.5 Å². The SMILES string of the molecule is CC(C)c1ccc(-c2nc(CSc3nnc(-c4cccc(Cl)c4)o3)cs2)cc1. The van der Waals surface area contributed by atoms with Gasteiger partial charge in [-0.3, -0.25) is 0 Å². The highest BCUT2D eigenvalue weighted by Gasteiger charge is 2.11. The largest absolute Gasteiger partial charge is 0.411 e. The van der Waals surface area contributed by atoms with Crippen molar-refractivity contribution in [1.82, 2.24) is 15.2 Å². The zero-order valence-electron chi connectivity index (χ0n) is 15.4. The summed E-state index contributed by atoms with van der Waals surface area (Å²) in [5, 5.41) is 12.5. The summed E-state index contributed by atoms with van der Waals surface area (Å²) in [5.41, 5.74) is 4.29. The first-order valence-corrected chi connectivity index (χ1v) is 11.1. The van der Waals surface area contributed by atoms with E-state index in [0.717, 1.165) is 21.8 Å². The van der Waals surface area contributed by atoms with Crippen molar-refractivity contribution in [2.45, 2.75) is 30.7 Å². The van der Waals surface area contributed by atoms with Gasteiger partial charge in [0.1, 0.15) is 5.01 Å². The van der Waals surface area contributed by atoms with Gasteiger partial charge >= 0.3 is 0 Å². The summed E-state index contributed by atoms with van der Waals surface area (Å²) in [6, 6.07) is 16.0. The monoisotopic (exact) mass is 427 g/mol. The molecule has 4 nitrogen and oxygen atoms in total. The first kappa shape index (κ1) is 19.2. The predicted molar refractivity (Wildman–Crippen MR) is 116 cm³/mol. The van der Waals surface area contributed by atoms with Gasteiger partial charge in [-0.25, -0.2) is 4.98 Å². The molecule has 0 spiro atoms. The lowest BCUT2D eigenvalue weighted by Crippen LogP contribution is -1.87. The zero-order valence-corrected chi connectivity index (χ0v) is 17.8. The number of thiazole rings is 1. The van der Waals surface area contributed by atoms with Gasteiger partial charge in [-0.15, -0.1) is 21.5 Å². The second-order valence-corrected chi connectivity index (χ2v) is 8.81. The Morgan fingerprint density at radius 3 is 2.64 bits per heavy atom. The van der Waals surface area contributed by atoms with Gasteiger partial charge in [0.25, 0.3) is 5.22 Å². The number of thioether (sulfide) groups is 1. The fourth-order valence-corrected chi connectivity index (χ4v) is 4.44. The predicted octanol–water partition coefficient (Wildman–Crippen LogP) is 6.93. The van der Waals surface area contributed by atoms with Gasteiger partial charge in [-0.05, 0) is 29.7 Å². The van der Waals surface area contributed by atoms with Crippen molar-refractivity contribution in [3.05, 3.63) is 70.2 Å². The van der Waals surface area contributed by atoms with Crippen LogP contribution in [0.3, 0.4) is 0 Å². The van der Waals surface area contributed by atoms with Crippen LogP contribution in [0, 0.1) is 0 Å². The van der Waals surface area contributed by atoms with E-state index in [2.05, 4.69) is 53.7 Å².